The summed E-state index contributed by atoms with van der Waals surface area (Å²) in [4.78, 5) is 15.1. The molecule has 2 aliphatic carbocycles. The minimum Gasteiger partial charge on any atom is -0.504 e. The highest BCUT2D eigenvalue weighted by molar-refractivity contribution is 6.07. The summed E-state index contributed by atoms with van der Waals surface area (Å²) in [6, 6.07) is 0.504. The number of aliphatic hydroxyl groups excluding tert-OH is 2. The standard InChI is InChI=1S/C18H19NO6/c1-19-5-4-17-12-11-8(7-20)6-10(22)14(12)25-16(17)9(21)2-3-18(17,24)15(19)13(11)23/h2-3,6,9,15-16,20-22,24H,4-5,7H2,1H3/t9-,15+,16-,17-,18+/m0/s1. The number of carbonyl (C=O) groups excluding carboxylic acids is 1. The fourth-order valence-corrected chi connectivity index (χ4v) is 5.47. The Morgan fingerprint density at radius 1 is 1.44 bits per heavy atom. The molecular weight excluding hydrogens is 326 g/mol. The van der Waals surface area contributed by atoms with E-state index in [1.165, 1.54) is 18.2 Å². The van der Waals surface area contributed by atoms with E-state index in [0.29, 0.717) is 29.7 Å². The molecule has 7 heteroatoms. The third-order valence-electron chi connectivity index (χ3n) is 6.47. The van der Waals surface area contributed by atoms with Crippen molar-refractivity contribution in [2.24, 2.45) is 0 Å². The van der Waals surface area contributed by atoms with Crippen molar-refractivity contribution < 1.29 is 30.0 Å². The molecule has 4 N–H and O–H groups in total. The third kappa shape index (κ3) is 1.42. The molecule has 1 spiro atoms. The van der Waals surface area contributed by atoms with Crippen LogP contribution in [0, 0.1) is 0 Å². The SMILES string of the molecule is CN1CC[C@@]23c4c5c(O)cc(CO)c4C(=O)[C@@H]1[C@]2(O)C=C[C@H](O)[C@@H]3O5. The lowest BCUT2D eigenvalue weighted by atomic mass is 9.50. The molecule has 1 saturated heterocycles. The second-order valence-corrected chi connectivity index (χ2v) is 7.47. The molecule has 2 heterocycles. The first-order valence-electron chi connectivity index (χ1n) is 8.38. The van der Waals surface area contributed by atoms with E-state index in [2.05, 4.69) is 0 Å². The Bertz CT molecular complexity index is 850. The van der Waals surface area contributed by atoms with Crippen LogP contribution in [0.5, 0.6) is 11.5 Å². The van der Waals surface area contributed by atoms with Gasteiger partial charge in [0.2, 0.25) is 0 Å². The number of ketones is 1. The van der Waals surface area contributed by atoms with Gasteiger partial charge in [-0.2, -0.15) is 0 Å². The fourth-order valence-electron chi connectivity index (χ4n) is 5.47. The molecule has 25 heavy (non-hydrogen) atoms. The number of carbonyl (C=O) groups is 1. The number of Topliss-reactive ketones (excluding diaryl/α,β-unsaturated/α-hetero) is 1. The first-order valence-corrected chi connectivity index (χ1v) is 8.38. The number of phenols is 1. The number of nitrogens with zero attached hydrogens (tertiary/aromatic N) is 1. The van der Waals surface area contributed by atoms with Gasteiger partial charge < -0.3 is 25.2 Å². The van der Waals surface area contributed by atoms with Crippen LogP contribution >= 0.6 is 0 Å². The average molecular weight is 345 g/mol. The average Bonchev–Trinajstić information content (AvgIpc) is 2.93. The van der Waals surface area contributed by atoms with E-state index in [1.54, 1.807) is 7.05 Å². The molecular formula is C18H19NO6. The van der Waals surface area contributed by atoms with E-state index in [9.17, 15) is 25.2 Å². The number of phenolic OH excluding ortho intramolecular Hbond substituents is 1. The van der Waals surface area contributed by atoms with Crippen molar-refractivity contribution in [1.29, 1.82) is 0 Å². The van der Waals surface area contributed by atoms with Gasteiger partial charge in [0.05, 0.1) is 12.0 Å². The highest BCUT2D eigenvalue weighted by atomic mass is 16.5. The number of rotatable bonds is 1. The van der Waals surface area contributed by atoms with Crippen LogP contribution in [0.15, 0.2) is 18.2 Å². The number of hydrogen-bond donors (Lipinski definition) is 4. The zero-order valence-corrected chi connectivity index (χ0v) is 13.6. The van der Waals surface area contributed by atoms with Crippen LogP contribution in [-0.4, -0.2) is 68.6 Å². The van der Waals surface area contributed by atoms with E-state index in [1.807, 2.05) is 4.90 Å². The zero-order chi connectivity index (χ0) is 17.7. The van der Waals surface area contributed by atoms with E-state index in [0.717, 1.165) is 0 Å². The number of hydrogen-bond acceptors (Lipinski definition) is 7. The lowest BCUT2D eigenvalue weighted by Gasteiger charge is -2.60. The molecule has 4 aliphatic rings. The Hall–Kier alpha value is -1.93. The molecule has 0 saturated carbocycles. The Kier molecular flexibility index (Phi) is 2.71. The maximum atomic E-state index is 13.3. The fraction of sp³-hybridized carbons (Fsp3) is 0.500. The topological polar surface area (TPSA) is 110 Å². The van der Waals surface area contributed by atoms with Gasteiger partial charge in [-0.3, -0.25) is 9.69 Å². The van der Waals surface area contributed by atoms with Crippen LogP contribution in [0.3, 0.4) is 0 Å². The summed E-state index contributed by atoms with van der Waals surface area (Å²) in [6.07, 6.45) is 1.68. The van der Waals surface area contributed by atoms with Crippen LogP contribution < -0.4 is 4.74 Å². The second-order valence-electron chi connectivity index (χ2n) is 7.47. The number of ether oxygens (including phenoxy) is 1. The summed E-state index contributed by atoms with van der Waals surface area (Å²) in [5.74, 6) is -0.355. The number of likely N-dealkylation sites (tertiary alicyclic amines) is 1. The molecule has 1 aromatic carbocycles. The van der Waals surface area contributed by atoms with Crippen molar-refractivity contribution >= 4 is 5.78 Å². The summed E-state index contributed by atoms with van der Waals surface area (Å²) in [6.45, 7) is 0.137. The van der Waals surface area contributed by atoms with Crippen molar-refractivity contribution in [1.82, 2.24) is 4.90 Å². The predicted molar refractivity (Wildman–Crippen MR) is 85.6 cm³/mol. The molecule has 0 radical (unpaired) electrons. The van der Waals surface area contributed by atoms with Crippen LogP contribution in [0.2, 0.25) is 0 Å². The van der Waals surface area contributed by atoms with Crippen LogP contribution in [0.4, 0.5) is 0 Å². The zero-order valence-electron chi connectivity index (χ0n) is 13.6. The molecule has 0 aromatic heterocycles. The number of likely N-dealkylation sites (N-methyl/N-ethyl adjacent to an activating group) is 1. The van der Waals surface area contributed by atoms with Crippen molar-refractivity contribution in [2.45, 2.75) is 42.3 Å². The summed E-state index contributed by atoms with van der Waals surface area (Å²) in [7, 11) is 1.78. The van der Waals surface area contributed by atoms with E-state index >= 15 is 0 Å². The normalized spacial score (nSPS) is 40.8. The first kappa shape index (κ1) is 15.3. The first-order chi connectivity index (χ1) is 11.9. The molecule has 1 aromatic rings. The molecule has 0 unspecified atom stereocenters. The van der Waals surface area contributed by atoms with Crippen molar-refractivity contribution in [3.8, 4) is 11.5 Å². The van der Waals surface area contributed by atoms with Crippen molar-refractivity contribution in [3.63, 3.8) is 0 Å². The quantitative estimate of drug-likeness (QED) is 0.505. The molecule has 1 fully saturated rings. The smallest absolute Gasteiger partial charge is 0.184 e. The van der Waals surface area contributed by atoms with Gasteiger partial charge in [0.1, 0.15) is 23.9 Å². The minimum atomic E-state index is -1.54. The second kappa shape index (κ2) is 4.42. The third-order valence-corrected chi connectivity index (χ3v) is 6.47. The van der Waals surface area contributed by atoms with Gasteiger partial charge in [-0.1, -0.05) is 12.2 Å². The van der Waals surface area contributed by atoms with Gasteiger partial charge >= 0.3 is 0 Å². The molecule has 0 amide bonds. The maximum absolute atomic E-state index is 13.3. The number of aliphatic hydroxyl groups is 3. The van der Waals surface area contributed by atoms with E-state index in [-0.39, 0.29) is 17.3 Å². The molecule has 7 nitrogen and oxygen atoms in total. The Balaban J connectivity index is 1.95. The molecule has 2 bridgehead atoms. The molecule has 5 atom stereocenters. The van der Waals surface area contributed by atoms with Gasteiger partial charge in [0.15, 0.2) is 17.3 Å². The highest BCUT2D eigenvalue weighted by Crippen LogP contribution is 2.64. The van der Waals surface area contributed by atoms with E-state index < -0.39 is 35.9 Å². The van der Waals surface area contributed by atoms with Crippen molar-refractivity contribution in [3.05, 3.63) is 34.9 Å². The lowest BCUT2D eigenvalue weighted by molar-refractivity contribution is -0.138. The molecule has 5 rings (SSSR count). The Morgan fingerprint density at radius 3 is 2.92 bits per heavy atom. The summed E-state index contributed by atoms with van der Waals surface area (Å²) in [5, 5.41) is 42.3. The Morgan fingerprint density at radius 2 is 2.20 bits per heavy atom. The summed E-state index contributed by atoms with van der Waals surface area (Å²) >= 11 is 0. The molecule has 132 valence electrons. The van der Waals surface area contributed by atoms with Gasteiger partial charge in [-0.15, -0.1) is 0 Å². The van der Waals surface area contributed by atoms with Crippen LogP contribution in [-0.2, 0) is 12.0 Å². The Labute approximate surface area is 143 Å². The number of piperidine rings is 1. The van der Waals surface area contributed by atoms with Gasteiger partial charge in [0.25, 0.3) is 0 Å². The highest BCUT2D eigenvalue weighted by Gasteiger charge is 2.73. The minimum absolute atomic E-state index is 0.134. The van der Waals surface area contributed by atoms with Gasteiger partial charge in [0, 0.05) is 11.1 Å². The number of aromatic hydroxyl groups is 1. The maximum Gasteiger partial charge on any atom is 0.184 e. The van der Waals surface area contributed by atoms with Gasteiger partial charge in [-0.05, 0) is 31.6 Å². The monoisotopic (exact) mass is 345 g/mol. The van der Waals surface area contributed by atoms with Crippen molar-refractivity contribution in [2.75, 3.05) is 13.6 Å². The largest absolute Gasteiger partial charge is 0.504 e. The van der Waals surface area contributed by atoms with E-state index in [4.69, 9.17) is 4.74 Å². The lowest BCUT2D eigenvalue weighted by Crippen LogP contribution is -2.76. The molecule has 2 aliphatic heterocycles. The number of benzene rings is 1. The predicted octanol–water partition coefficient (Wildman–Crippen LogP) is -0.555. The van der Waals surface area contributed by atoms with Crippen LogP contribution in [0.1, 0.15) is 27.9 Å². The van der Waals surface area contributed by atoms with Crippen LogP contribution in [0.25, 0.3) is 0 Å². The summed E-state index contributed by atoms with van der Waals surface area (Å²) in [5.41, 5.74) is -1.51. The summed E-state index contributed by atoms with van der Waals surface area (Å²) < 4.78 is 5.91. The van der Waals surface area contributed by atoms with Gasteiger partial charge in [-0.25, -0.2) is 0 Å².